The van der Waals surface area contributed by atoms with Gasteiger partial charge in [-0.1, -0.05) is 12.1 Å². The normalized spacial score (nSPS) is 11.2. The lowest BCUT2D eigenvalue weighted by Gasteiger charge is -2.20. The number of amides is 1. The summed E-state index contributed by atoms with van der Waals surface area (Å²) < 4.78 is 31.5. The minimum absolute atomic E-state index is 0.296. The molecule has 112 valence electrons. The molecule has 0 saturated heterocycles. The van der Waals surface area contributed by atoms with Crippen molar-refractivity contribution in [3.63, 3.8) is 0 Å². The third-order valence-electron chi connectivity index (χ3n) is 2.43. The van der Waals surface area contributed by atoms with Gasteiger partial charge < -0.3 is 10.5 Å². The SMILES string of the molecule is CC(C)OC(=O)NS(=O)(=O)N(C)c1cccc(CN)c1. The monoisotopic (exact) mass is 301 g/mol. The summed E-state index contributed by atoms with van der Waals surface area (Å²) in [6.45, 7) is 3.55. The number of hydrogen-bond acceptors (Lipinski definition) is 5. The minimum atomic E-state index is -4.02. The van der Waals surface area contributed by atoms with Crippen LogP contribution in [-0.2, 0) is 21.5 Å². The van der Waals surface area contributed by atoms with Gasteiger partial charge in [-0.3, -0.25) is 4.31 Å². The largest absolute Gasteiger partial charge is 0.446 e. The second-order valence-electron chi connectivity index (χ2n) is 4.40. The molecule has 7 nitrogen and oxygen atoms in total. The molecule has 0 fully saturated rings. The molecule has 0 aliphatic carbocycles. The quantitative estimate of drug-likeness (QED) is 0.843. The lowest BCUT2D eigenvalue weighted by atomic mass is 10.2. The number of nitrogens with zero attached hydrogens (tertiary/aromatic N) is 1. The van der Waals surface area contributed by atoms with Crippen molar-refractivity contribution in [3.05, 3.63) is 29.8 Å². The number of carbonyl (C=O) groups is 1. The van der Waals surface area contributed by atoms with Crippen molar-refractivity contribution in [2.45, 2.75) is 26.5 Å². The highest BCUT2D eigenvalue weighted by Gasteiger charge is 2.22. The number of hydrogen-bond donors (Lipinski definition) is 2. The Morgan fingerprint density at radius 3 is 2.65 bits per heavy atom. The average molecular weight is 301 g/mol. The molecule has 0 aliphatic heterocycles. The molecule has 0 atom stereocenters. The van der Waals surface area contributed by atoms with Crippen molar-refractivity contribution in [1.82, 2.24) is 4.72 Å². The molecular weight excluding hydrogens is 282 g/mol. The summed E-state index contributed by atoms with van der Waals surface area (Å²) in [5.41, 5.74) is 6.69. The Labute approximate surface area is 118 Å². The minimum Gasteiger partial charge on any atom is -0.446 e. The van der Waals surface area contributed by atoms with Crippen molar-refractivity contribution in [3.8, 4) is 0 Å². The molecule has 0 heterocycles. The summed E-state index contributed by atoms with van der Waals surface area (Å²) in [5, 5.41) is 0. The van der Waals surface area contributed by atoms with Crippen LogP contribution in [0.25, 0.3) is 0 Å². The van der Waals surface area contributed by atoms with Gasteiger partial charge >= 0.3 is 16.3 Å². The molecular formula is C12H19N3O4S. The molecule has 0 spiro atoms. The molecule has 1 amide bonds. The number of nitrogens with two attached hydrogens (primary N) is 1. The van der Waals surface area contributed by atoms with E-state index in [2.05, 4.69) is 0 Å². The Morgan fingerprint density at radius 2 is 2.10 bits per heavy atom. The highest BCUT2D eigenvalue weighted by Crippen LogP contribution is 2.17. The first kappa shape index (κ1) is 16.3. The van der Waals surface area contributed by atoms with E-state index in [1.807, 2.05) is 4.72 Å². The third-order valence-corrected chi connectivity index (χ3v) is 3.78. The first-order valence-electron chi connectivity index (χ1n) is 6.02. The predicted molar refractivity (Wildman–Crippen MR) is 76.4 cm³/mol. The van der Waals surface area contributed by atoms with E-state index in [4.69, 9.17) is 10.5 Å². The van der Waals surface area contributed by atoms with E-state index in [9.17, 15) is 13.2 Å². The van der Waals surface area contributed by atoms with Gasteiger partial charge in [-0.2, -0.15) is 8.42 Å². The van der Waals surface area contributed by atoms with Crippen LogP contribution in [0.15, 0.2) is 24.3 Å². The predicted octanol–water partition coefficient (Wildman–Crippen LogP) is 0.961. The lowest BCUT2D eigenvalue weighted by molar-refractivity contribution is 0.121. The summed E-state index contributed by atoms with van der Waals surface area (Å²) >= 11 is 0. The topological polar surface area (TPSA) is 102 Å². The second-order valence-corrected chi connectivity index (χ2v) is 6.10. The zero-order chi connectivity index (χ0) is 15.3. The van der Waals surface area contributed by atoms with Crippen molar-refractivity contribution in [2.75, 3.05) is 11.4 Å². The Balaban J connectivity index is 2.88. The molecule has 0 aromatic heterocycles. The summed E-state index contributed by atoms with van der Waals surface area (Å²) in [4.78, 5) is 11.4. The maximum absolute atomic E-state index is 12.0. The molecule has 3 N–H and O–H groups in total. The number of nitrogens with one attached hydrogen (secondary N) is 1. The van der Waals surface area contributed by atoms with Crippen LogP contribution in [0.2, 0.25) is 0 Å². The van der Waals surface area contributed by atoms with E-state index in [1.54, 1.807) is 38.1 Å². The van der Waals surface area contributed by atoms with Gasteiger partial charge in [0.15, 0.2) is 0 Å². The summed E-state index contributed by atoms with van der Waals surface area (Å²) in [7, 11) is -2.68. The Kier molecular flexibility index (Phi) is 5.34. The summed E-state index contributed by atoms with van der Waals surface area (Å²) in [6, 6.07) is 6.71. The van der Waals surface area contributed by atoms with Gasteiger partial charge in [-0.15, -0.1) is 0 Å². The van der Waals surface area contributed by atoms with Gasteiger partial charge in [-0.05, 0) is 31.5 Å². The van der Waals surface area contributed by atoms with Crippen molar-refractivity contribution >= 4 is 22.0 Å². The first-order valence-corrected chi connectivity index (χ1v) is 7.46. The van der Waals surface area contributed by atoms with Gasteiger partial charge in [0.05, 0.1) is 11.8 Å². The van der Waals surface area contributed by atoms with Crippen molar-refractivity contribution in [2.24, 2.45) is 5.73 Å². The molecule has 1 aromatic rings. The van der Waals surface area contributed by atoms with Crippen LogP contribution < -0.4 is 14.8 Å². The highest BCUT2D eigenvalue weighted by molar-refractivity contribution is 7.91. The molecule has 0 radical (unpaired) electrons. The van der Waals surface area contributed by atoms with Crippen LogP contribution in [0.5, 0.6) is 0 Å². The molecule has 1 rings (SSSR count). The van der Waals surface area contributed by atoms with Crippen LogP contribution in [0.3, 0.4) is 0 Å². The number of anilines is 1. The van der Waals surface area contributed by atoms with E-state index in [-0.39, 0.29) is 0 Å². The van der Waals surface area contributed by atoms with E-state index < -0.39 is 22.4 Å². The molecule has 0 saturated carbocycles. The van der Waals surface area contributed by atoms with Gasteiger partial charge in [-0.25, -0.2) is 9.52 Å². The number of ether oxygens (including phenoxy) is 1. The van der Waals surface area contributed by atoms with E-state index in [1.165, 1.54) is 7.05 Å². The van der Waals surface area contributed by atoms with Crippen LogP contribution in [0.1, 0.15) is 19.4 Å². The van der Waals surface area contributed by atoms with E-state index in [0.29, 0.717) is 12.2 Å². The number of benzene rings is 1. The zero-order valence-corrected chi connectivity index (χ0v) is 12.5. The Morgan fingerprint density at radius 1 is 1.45 bits per heavy atom. The standard InChI is InChI=1S/C12H19N3O4S/c1-9(2)19-12(16)14-20(17,18)15(3)11-6-4-5-10(7-11)8-13/h4-7,9H,8,13H2,1-3H3,(H,14,16). The molecule has 20 heavy (non-hydrogen) atoms. The molecule has 0 unspecified atom stereocenters. The van der Waals surface area contributed by atoms with Crippen LogP contribution >= 0.6 is 0 Å². The average Bonchev–Trinajstić information content (AvgIpc) is 2.36. The van der Waals surface area contributed by atoms with Crippen molar-refractivity contribution < 1.29 is 17.9 Å². The summed E-state index contributed by atoms with van der Waals surface area (Å²) in [6.07, 6.45) is -1.42. The molecule has 0 bridgehead atoms. The van der Waals surface area contributed by atoms with Crippen LogP contribution in [0, 0.1) is 0 Å². The highest BCUT2D eigenvalue weighted by atomic mass is 32.2. The molecule has 8 heteroatoms. The molecule has 0 aliphatic rings. The van der Waals surface area contributed by atoms with Crippen LogP contribution in [0.4, 0.5) is 10.5 Å². The van der Waals surface area contributed by atoms with Gasteiger partial charge in [0.2, 0.25) is 0 Å². The first-order chi connectivity index (χ1) is 9.26. The summed E-state index contributed by atoms with van der Waals surface area (Å²) in [5.74, 6) is 0. The maximum Gasteiger partial charge on any atom is 0.422 e. The fourth-order valence-corrected chi connectivity index (χ4v) is 2.22. The fourth-order valence-electron chi connectivity index (χ4n) is 1.43. The number of rotatable bonds is 5. The smallest absolute Gasteiger partial charge is 0.422 e. The van der Waals surface area contributed by atoms with Gasteiger partial charge in [0, 0.05) is 13.6 Å². The second kappa shape index (κ2) is 6.58. The van der Waals surface area contributed by atoms with Gasteiger partial charge in [0.25, 0.3) is 0 Å². The number of carbonyl (C=O) groups excluding carboxylic acids is 1. The maximum atomic E-state index is 12.0. The zero-order valence-electron chi connectivity index (χ0n) is 11.7. The third kappa shape index (κ3) is 4.39. The molecule has 1 aromatic carbocycles. The fraction of sp³-hybridized carbons (Fsp3) is 0.417. The van der Waals surface area contributed by atoms with Crippen LogP contribution in [-0.4, -0.2) is 27.7 Å². The van der Waals surface area contributed by atoms with Gasteiger partial charge in [0.1, 0.15) is 0 Å². The Bertz CT molecular complexity index is 572. The van der Waals surface area contributed by atoms with E-state index in [0.717, 1.165) is 9.87 Å². The van der Waals surface area contributed by atoms with Crippen molar-refractivity contribution in [1.29, 1.82) is 0 Å². The lowest BCUT2D eigenvalue weighted by Crippen LogP contribution is -2.42. The Hall–Kier alpha value is -1.80. The van der Waals surface area contributed by atoms with E-state index >= 15 is 0 Å².